The van der Waals surface area contributed by atoms with Gasteiger partial charge in [-0.2, -0.15) is 0 Å². The highest BCUT2D eigenvalue weighted by atomic mass is 14.3. The van der Waals surface area contributed by atoms with Crippen molar-refractivity contribution in [3.05, 3.63) is 0 Å². The highest BCUT2D eigenvalue weighted by molar-refractivity contribution is 4.75. The van der Waals surface area contributed by atoms with Gasteiger partial charge < -0.3 is 0 Å². The van der Waals surface area contributed by atoms with Gasteiger partial charge in [0.05, 0.1) is 0 Å². The van der Waals surface area contributed by atoms with Gasteiger partial charge in [0.2, 0.25) is 0 Å². The van der Waals surface area contributed by atoms with Crippen molar-refractivity contribution >= 4 is 0 Å². The minimum absolute atomic E-state index is 0.554. The summed E-state index contributed by atoms with van der Waals surface area (Å²) in [6, 6.07) is 0. The zero-order valence-corrected chi connectivity index (χ0v) is 11.9. The second-order valence-electron chi connectivity index (χ2n) is 6.68. The van der Waals surface area contributed by atoms with Crippen LogP contribution in [-0.4, -0.2) is 0 Å². The minimum Gasteiger partial charge on any atom is -0.0654 e. The molecule has 0 aliphatic carbocycles. The molecule has 0 spiro atoms. The molecule has 0 heterocycles. The van der Waals surface area contributed by atoms with Crippen LogP contribution in [0.2, 0.25) is 0 Å². The van der Waals surface area contributed by atoms with E-state index in [0.717, 1.165) is 0 Å². The topological polar surface area (TPSA) is 0 Å². The molecule has 0 heteroatoms. The fourth-order valence-corrected chi connectivity index (χ4v) is 2.26. The van der Waals surface area contributed by atoms with E-state index in [0.29, 0.717) is 10.8 Å². The first-order valence-electron chi connectivity index (χ1n) is 6.83. The number of hydrogen-bond acceptors (Lipinski definition) is 0. The molecule has 15 heavy (non-hydrogen) atoms. The highest BCUT2D eigenvalue weighted by Gasteiger charge is 2.23. The summed E-state index contributed by atoms with van der Waals surface area (Å²) in [6.07, 6.45) is 9.59. The van der Waals surface area contributed by atoms with Crippen molar-refractivity contribution in [3.8, 4) is 0 Å². The minimum atomic E-state index is 0.554. The van der Waals surface area contributed by atoms with Gasteiger partial charge in [0.25, 0.3) is 0 Å². The summed E-state index contributed by atoms with van der Waals surface area (Å²) in [5.74, 6) is 0. The van der Waals surface area contributed by atoms with Crippen molar-refractivity contribution in [1.29, 1.82) is 0 Å². The molecule has 0 aliphatic heterocycles. The molecular weight excluding hydrogens is 180 g/mol. The molecular formula is C15H32. The SMILES string of the molecule is CCCCC(C)(C)CCC(C)(C)CCC. The Morgan fingerprint density at radius 2 is 1.07 bits per heavy atom. The van der Waals surface area contributed by atoms with Crippen LogP contribution in [0, 0.1) is 10.8 Å². The van der Waals surface area contributed by atoms with E-state index < -0.39 is 0 Å². The van der Waals surface area contributed by atoms with Crippen molar-refractivity contribution in [2.75, 3.05) is 0 Å². The molecule has 0 aromatic rings. The molecule has 0 aromatic carbocycles. The second kappa shape index (κ2) is 6.55. The van der Waals surface area contributed by atoms with Gasteiger partial charge in [-0.3, -0.25) is 0 Å². The second-order valence-corrected chi connectivity index (χ2v) is 6.68. The largest absolute Gasteiger partial charge is 0.0654 e. The average molecular weight is 212 g/mol. The van der Waals surface area contributed by atoms with E-state index in [-0.39, 0.29) is 0 Å². The number of hydrogen-bond donors (Lipinski definition) is 0. The molecule has 0 N–H and O–H groups in total. The molecule has 0 bridgehead atoms. The number of rotatable bonds is 8. The molecule has 0 nitrogen and oxygen atoms in total. The maximum atomic E-state index is 2.44. The fraction of sp³-hybridized carbons (Fsp3) is 1.00. The Morgan fingerprint density at radius 3 is 1.47 bits per heavy atom. The van der Waals surface area contributed by atoms with E-state index in [2.05, 4.69) is 41.5 Å². The molecule has 0 rings (SSSR count). The third kappa shape index (κ3) is 7.88. The quantitative estimate of drug-likeness (QED) is 0.476. The van der Waals surface area contributed by atoms with E-state index in [4.69, 9.17) is 0 Å². The summed E-state index contributed by atoms with van der Waals surface area (Å²) >= 11 is 0. The summed E-state index contributed by atoms with van der Waals surface area (Å²) in [6.45, 7) is 14.3. The van der Waals surface area contributed by atoms with E-state index in [1.807, 2.05) is 0 Å². The van der Waals surface area contributed by atoms with Crippen LogP contribution in [0.25, 0.3) is 0 Å². The molecule has 0 amide bonds. The number of unbranched alkanes of at least 4 members (excludes halogenated alkanes) is 1. The first kappa shape index (κ1) is 15.0. The monoisotopic (exact) mass is 212 g/mol. The molecule has 92 valence electrons. The van der Waals surface area contributed by atoms with Crippen molar-refractivity contribution in [2.45, 2.75) is 86.5 Å². The Hall–Kier alpha value is 0. The maximum Gasteiger partial charge on any atom is -0.0354 e. The van der Waals surface area contributed by atoms with E-state index in [9.17, 15) is 0 Å². The van der Waals surface area contributed by atoms with Crippen LogP contribution in [0.4, 0.5) is 0 Å². The van der Waals surface area contributed by atoms with Gasteiger partial charge in [0, 0.05) is 0 Å². The van der Waals surface area contributed by atoms with Gasteiger partial charge in [-0.15, -0.1) is 0 Å². The third-order valence-electron chi connectivity index (χ3n) is 3.61. The molecule has 0 radical (unpaired) electrons. The molecule has 0 saturated heterocycles. The smallest absolute Gasteiger partial charge is 0.0354 e. The molecule has 0 saturated carbocycles. The van der Waals surface area contributed by atoms with Crippen LogP contribution in [-0.2, 0) is 0 Å². The summed E-state index contributed by atoms with van der Waals surface area (Å²) in [4.78, 5) is 0. The Kier molecular flexibility index (Phi) is 6.55. The lowest BCUT2D eigenvalue weighted by molar-refractivity contribution is 0.212. The van der Waals surface area contributed by atoms with Crippen molar-refractivity contribution in [3.63, 3.8) is 0 Å². The first-order chi connectivity index (χ1) is 6.83. The zero-order valence-electron chi connectivity index (χ0n) is 11.9. The predicted octanol–water partition coefficient (Wildman–Crippen LogP) is 5.81. The standard InChI is InChI=1S/C15H32/c1-7-9-11-15(5,6)13-12-14(3,4)10-8-2/h7-13H2,1-6H3. The predicted molar refractivity (Wildman–Crippen MR) is 71.2 cm³/mol. The van der Waals surface area contributed by atoms with Gasteiger partial charge in [-0.05, 0) is 36.5 Å². The van der Waals surface area contributed by atoms with Crippen LogP contribution in [0.5, 0.6) is 0 Å². The molecule has 0 aromatic heterocycles. The Balaban J connectivity index is 3.90. The summed E-state index contributed by atoms with van der Waals surface area (Å²) in [7, 11) is 0. The van der Waals surface area contributed by atoms with Gasteiger partial charge in [0.15, 0.2) is 0 Å². The van der Waals surface area contributed by atoms with E-state index in [1.165, 1.54) is 44.9 Å². The molecule has 0 aliphatic rings. The third-order valence-corrected chi connectivity index (χ3v) is 3.61. The van der Waals surface area contributed by atoms with Crippen LogP contribution in [0.3, 0.4) is 0 Å². The van der Waals surface area contributed by atoms with Crippen LogP contribution < -0.4 is 0 Å². The molecule has 0 unspecified atom stereocenters. The summed E-state index contributed by atoms with van der Waals surface area (Å²) < 4.78 is 0. The van der Waals surface area contributed by atoms with Crippen molar-refractivity contribution in [1.82, 2.24) is 0 Å². The maximum absolute atomic E-state index is 2.44. The van der Waals surface area contributed by atoms with Gasteiger partial charge in [0.1, 0.15) is 0 Å². The van der Waals surface area contributed by atoms with E-state index >= 15 is 0 Å². The fourth-order valence-electron chi connectivity index (χ4n) is 2.26. The zero-order chi connectivity index (χ0) is 11.9. The Morgan fingerprint density at radius 1 is 0.600 bits per heavy atom. The van der Waals surface area contributed by atoms with Gasteiger partial charge in [-0.25, -0.2) is 0 Å². The summed E-state index contributed by atoms with van der Waals surface area (Å²) in [5, 5.41) is 0. The lowest BCUT2D eigenvalue weighted by Crippen LogP contribution is -2.18. The Bertz CT molecular complexity index is 153. The van der Waals surface area contributed by atoms with Crippen molar-refractivity contribution < 1.29 is 0 Å². The Labute approximate surface area is 97.8 Å². The molecule has 0 atom stereocenters. The van der Waals surface area contributed by atoms with Crippen LogP contribution in [0.1, 0.15) is 86.5 Å². The van der Waals surface area contributed by atoms with Crippen LogP contribution >= 0.6 is 0 Å². The lowest BCUT2D eigenvalue weighted by Gasteiger charge is -2.31. The molecule has 0 fully saturated rings. The highest BCUT2D eigenvalue weighted by Crippen LogP contribution is 2.36. The van der Waals surface area contributed by atoms with Crippen molar-refractivity contribution in [2.24, 2.45) is 10.8 Å². The summed E-state index contributed by atoms with van der Waals surface area (Å²) in [5.41, 5.74) is 1.11. The lowest BCUT2D eigenvalue weighted by atomic mass is 9.75. The average Bonchev–Trinajstić information content (AvgIpc) is 2.12. The normalized spacial score (nSPS) is 13.2. The van der Waals surface area contributed by atoms with E-state index in [1.54, 1.807) is 0 Å². The van der Waals surface area contributed by atoms with Gasteiger partial charge >= 0.3 is 0 Å². The van der Waals surface area contributed by atoms with Gasteiger partial charge in [-0.1, -0.05) is 60.8 Å². The van der Waals surface area contributed by atoms with Crippen LogP contribution in [0.15, 0.2) is 0 Å². The first-order valence-corrected chi connectivity index (χ1v) is 6.83.